The summed E-state index contributed by atoms with van der Waals surface area (Å²) in [6, 6.07) is 6.57. The van der Waals surface area contributed by atoms with Crippen LogP contribution in [0.2, 0.25) is 5.02 Å². The van der Waals surface area contributed by atoms with E-state index in [2.05, 4.69) is 9.88 Å². The van der Waals surface area contributed by atoms with E-state index in [1.54, 1.807) is 28.4 Å². The van der Waals surface area contributed by atoms with Gasteiger partial charge in [-0.15, -0.1) is 0 Å². The van der Waals surface area contributed by atoms with Crippen LogP contribution in [0.1, 0.15) is 61.5 Å². The molecule has 2 aromatic heterocycles. The van der Waals surface area contributed by atoms with Gasteiger partial charge in [-0.25, -0.2) is 22.6 Å². The second kappa shape index (κ2) is 10.3. The third kappa shape index (κ3) is 5.28. The van der Waals surface area contributed by atoms with Gasteiger partial charge in [-0.05, 0) is 55.5 Å². The molecule has 4 heterocycles. The Labute approximate surface area is 237 Å². The van der Waals surface area contributed by atoms with Crippen molar-refractivity contribution in [2.75, 3.05) is 30.3 Å². The van der Waals surface area contributed by atoms with Crippen LogP contribution in [0.3, 0.4) is 0 Å². The van der Waals surface area contributed by atoms with Crippen LogP contribution in [-0.2, 0) is 14.6 Å². The van der Waals surface area contributed by atoms with Crippen LogP contribution >= 0.6 is 11.6 Å². The van der Waals surface area contributed by atoms with E-state index >= 15 is 0 Å². The van der Waals surface area contributed by atoms with Crippen molar-refractivity contribution in [3.63, 3.8) is 0 Å². The van der Waals surface area contributed by atoms with E-state index in [0.29, 0.717) is 24.4 Å². The number of piperazine rings is 1. The number of pyridine rings is 1. The maximum Gasteiger partial charge on any atom is 0.374 e. The van der Waals surface area contributed by atoms with Crippen LogP contribution in [0, 0.1) is 11.2 Å². The smallest absolute Gasteiger partial charge is 0.374 e. The summed E-state index contributed by atoms with van der Waals surface area (Å²) in [6.07, 6.45) is 3.00. The Morgan fingerprint density at radius 2 is 1.80 bits per heavy atom. The number of aromatic nitrogens is 2. The quantitative estimate of drug-likeness (QED) is 0.386. The van der Waals surface area contributed by atoms with E-state index in [-0.39, 0.29) is 51.7 Å². The first-order chi connectivity index (χ1) is 18.8. The van der Waals surface area contributed by atoms with Gasteiger partial charge in [0.1, 0.15) is 11.6 Å². The number of likely N-dealkylation sites (tertiary alicyclic amines) is 1. The first-order valence-corrected chi connectivity index (χ1v) is 15.3. The van der Waals surface area contributed by atoms with E-state index in [1.807, 2.05) is 20.8 Å². The Bertz CT molecular complexity index is 1590. The van der Waals surface area contributed by atoms with Crippen LogP contribution < -0.4 is 4.90 Å². The normalized spacial score (nSPS) is 19.4. The number of nitrogens with zero attached hydrogens (tertiary/aromatic N) is 4. The Morgan fingerprint density at radius 1 is 1.12 bits per heavy atom. The monoisotopic (exact) mass is 590 g/mol. The highest BCUT2D eigenvalue weighted by Crippen LogP contribution is 2.38. The topological polar surface area (TPSA) is 101 Å². The molecule has 40 heavy (non-hydrogen) atoms. The van der Waals surface area contributed by atoms with Crippen molar-refractivity contribution in [2.24, 2.45) is 5.41 Å². The molecule has 9 nitrogen and oxygen atoms in total. The standard InChI is InChI=1S/C28H32ClFN4O5S/c1-5-39-27(36)25-31-13-20-11-21(40(37,38)16-28(2,3)4)12-24(34(20)25)33-18-7-8-19(33)15-32(14-18)26(35)22-9-6-17(30)10-23(22)29/h6,9-13,18-19H,5,7-8,14-16H2,1-4H3/t18-,19+. The first-order valence-electron chi connectivity index (χ1n) is 13.2. The van der Waals surface area contributed by atoms with Crippen LogP contribution in [0.4, 0.5) is 10.2 Å². The molecular weight excluding hydrogens is 559 g/mol. The summed E-state index contributed by atoms with van der Waals surface area (Å²) in [7, 11) is -3.67. The minimum absolute atomic E-state index is 0.0516. The molecule has 3 aromatic rings. The lowest BCUT2D eigenvalue weighted by Gasteiger charge is -2.42. The van der Waals surface area contributed by atoms with Crippen molar-refractivity contribution in [1.82, 2.24) is 14.3 Å². The second-order valence-corrected chi connectivity index (χ2v) is 14.0. The average molecular weight is 591 g/mol. The van der Waals surface area contributed by atoms with E-state index in [9.17, 15) is 22.4 Å². The van der Waals surface area contributed by atoms with E-state index < -0.39 is 27.0 Å². The Morgan fingerprint density at radius 3 is 2.40 bits per heavy atom. The molecular formula is C28H32ClFN4O5S. The number of amides is 1. The third-order valence-corrected chi connectivity index (χ3v) is 9.73. The fourth-order valence-electron chi connectivity index (χ4n) is 5.73. The number of ether oxygens (including phenoxy) is 1. The summed E-state index contributed by atoms with van der Waals surface area (Å²) in [5.74, 6) is -0.895. The highest BCUT2D eigenvalue weighted by Gasteiger charge is 2.43. The number of fused-ring (bicyclic) bond motifs is 3. The predicted octanol–water partition coefficient (Wildman–Crippen LogP) is 4.62. The largest absolute Gasteiger partial charge is 0.460 e. The highest BCUT2D eigenvalue weighted by atomic mass is 35.5. The van der Waals surface area contributed by atoms with Crippen molar-refractivity contribution >= 4 is 44.6 Å². The molecule has 0 N–H and O–H groups in total. The minimum atomic E-state index is -3.67. The van der Waals surface area contributed by atoms with Gasteiger partial charge in [0.05, 0.1) is 39.6 Å². The van der Waals surface area contributed by atoms with Gasteiger partial charge >= 0.3 is 5.97 Å². The molecule has 0 saturated carbocycles. The average Bonchev–Trinajstić information content (AvgIpc) is 3.40. The highest BCUT2D eigenvalue weighted by molar-refractivity contribution is 7.91. The zero-order chi connectivity index (χ0) is 29.0. The summed E-state index contributed by atoms with van der Waals surface area (Å²) in [5, 5.41) is 0.0516. The van der Waals surface area contributed by atoms with Gasteiger partial charge in [0, 0.05) is 25.2 Å². The molecule has 2 aliphatic heterocycles. The number of hydrogen-bond donors (Lipinski definition) is 0. The van der Waals surface area contributed by atoms with Gasteiger partial charge in [-0.2, -0.15) is 0 Å². The van der Waals surface area contributed by atoms with Crippen molar-refractivity contribution in [2.45, 2.75) is 57.5 Å². The van der Waals surface area contributed by atoms with Gasteiger partial charge in [-0.1, -0.05) is 32.4 Å². The number of imidazole rings is 1. The number of hydrogen-bond acceptors (Lipinski definition) is 7. The SMILES string of the molecule is CCOC(=O)c1ncc2cc(S(=O)(=O)CC(C)(C)C)cc(N3[C@@H]4CC[C@H]3CN(C(=O)c3ccc(F)cc3Cl)C4)n12. The summed E-state index contributed by atoms with van der Waals surface area (Å²) >= 11 is 6.18. The Kier molecular flexibility index (Phi) is 7.33. The number of anilines is 1. The molecule has 0 radical (unpaired) electrons. The molecule has 0 unspecified atom stereocenters. The fraction of sp³-hybridized carbons (Fsp3) is 0.464. The summed E-state index contributed by atoms with van der Waals surface area (Å²) in [5.41, 5.74) is 0.227. The Balaban J connectivity index is 1.57. The van der Waals surface area contributed by atoms with Gasteiger partial charge in [-0.3, -0.25) is 9.20 Å². The van der Waals surface area contributed by atoms with Crippen LogP contribution in [0.25, 0.3) is 5.52 Å². The lowest BCUT2D eigenvalue weighted by atomic mass is 10.0. The molecule has 0 aliphatic carbocycles. The van der Waals surface area contributed by atoms with Crippen LogP contribution in [0.15, 0.2) is 41.4 Å². The number of esters is 1. The van der Waals surface area contributed by atoms with E-state index in [4.69, 9.17) is 16.3 Å². The Hall–Kier alpha value is -3.18. The maximum atomic E-state index is 13.6. The lowest BCUT2D eigenvalue weighted by molar-refractivity contribution is 0.0511. The minimum Gasteiger partial charge on any atom is -0.460 e. The number of carbonyl (C=O) groups excluding carboxylic acids is 2. The molecule has 2 saturated heterocycles. The van der Waals surface area contributed by atoms with Crippen molar-refractivity contribution in [1.29, 1.82) is 0 Å². The molecule has 2 atom stereocenters. The number of benzene rings is 1. The third-order valence-electron chi connectivity index (χ3n) is 7.22. The molecule has 0 spiro atoms. The molecule has 1 aromatic carbocycles. The van der Waals surface area contributed by atoms with E-state index in [1.165, 1.54) is 18.3 Å². The summed E-state index contributed by atoms with van der Waals surface area (Å²) < 4.78 is 47.4. The van der Waals surface area contributed by atoms with Gasteiger partial charge in [0.2, 0.25) is 5.82 Å². The number of sulfone groups is 1. The zero-order valence-corrected chi connectivity index (χ0v) is 24.4. The molecule has 2 bridgehead atoms. The van der Waals surface area contributed by atoms with Gasteiger partial charge in [0.15, 0.2) is 9.84 Å². The van der Waals surface area contributed by atoms with Crippen molar-refractivity contribution in [3.05, 3.63) is 58.8 Å². The summed E-state index contributed by atoms with van der Waals surface area (Å²) in [4.78, 5) is 34.4. The lowest BCUT2D eigenvalue weighted by Crippen LogP contribution is -2.56. The van der Waals surface area contributed by atoms with Gasteiger partial charge in [0.25, 0.3) is 5.91 Å². The first kappa shape index (κ1) is 28.4. The maximum absolute atomic E-state index is 13.6. The zero-order valence-electron chi connectivity index (χ0n) is 22.9. The second-order valence-electron chi connectivity index (χ2n) is 11.6. The molecule has 214 valence electrons. The van der Waals surface area contributed by atoms with Crippen LogP contribution in [-0.4, -0.2) is 72.1 Å². The van der Waals surface area contributed by atoms with Gasteiger partial charge < -0.3 is 14.5 Å². The predicted molar refractivity (Wildman–Crippen MR) is 149 cm³/mol. The molecule has 12 heteroatoms. The van der Waals surface area contributed by atoms with Crippen molar-refractivity contribution < 1.29 is 27.1 Å². The van der Waals surface area contributed by atoms with E-state index in [0.717, 1.165) is 18.9 Å². The van der Waals surface area contributed by atoms with Crippen LogP contribution in [0.5, 0.6) is 0 Å². The fourth-order valence-corrected chi connectivity index (χ4v) is 7.87. The number of carbonyl (C=O) groups is 2. The molecule has 1 amide bonds. The summed E-state index contributed by atoms with van der Waals surface area (Å²) in [6.45, 7) is 8.18. The van der Waals surface area contributed by atoms with Crippen molar-refractivity contribution in [3.8, 4) is 0 Å². The number of halogens is 2. The number of rotatable bonds is 6. The molecule has 5 rings (SSSR count). The molecule has 2 aliphatic rings. The molecule has 2 fully saturated rings.